The summed E-state index contributed by atoms with van der Waals surface area (Å²) in [5.74, 6) is 0.908. The highest BCUT2D eigenvalue weighted by atomic mass is 16.5. The monoisotopic (exact) mass is 290 g/mol. The van der Waals surface area contributed by atoms with Gasteiger partial charge in [0.15, 0.2) is 0 Å². The zero-order chi connectivity index (χ0) is 15.3. The Labute approximate surface area is 127 Å². The highest BCUT2D eigenvalue weighted by Crippen LogP contribution is 2.19. The number of hydrogen-bond donors (Lipinski definition) is 2. The van der Waals surface area contributed by atoms with Gasteiger partial charge < -0.3 is 15.4 Å². The number of carbonyl (C=O) groups excluding carboxylic acids is 1. The molecule has 4 nitrogen and oxygen atoms in total. The molecule has 1 aliphatic rings. The zero-order valence-corrected chi connectivity index (χ0v) is 13.2. The van der Waals surface area contributed by atoms with Gasteiger partial charge in [-0.15, -0.1) is 0 Å². The Bertz CT molecular complexity index is 476. The molecule has 2 rings (SSSR count). The van der Waals surface area contributed by atoms with Crippen LogP contribution in [-0.2, 0) is 11.3 Å². The maximum Gasteiger partial charge on any atom is 0.223 e. The zero-order valence-electron chi connectivity index (χ0n) is 13.2. The Hall–Kier alpha value is -1.55. The lowest BCUT2D eigenvalue weighted by molar-refractivity contribution is -0.121. The van der Waals surface area contributed by atoms with Gasteiger partial charge in [0.25, 0.3) is 0 Å². The van der Waals surface area contributed by atoms with Crippen LogP contribution in [0.25, 0.3) is 0 Å². The first kappa shape index (κ1) is 15.8. The molecule has 0 atom stereocenters. The minimum atomic E-state index is 0.0862. The normalized spacial score (nSPS) is 14.8. The van der Waals surface area contributed by atoms with Crippen LogP contribution in [0.2, 0.25) is 0 Å². The van der Waals surface area contributed by atoms with Gasteiger partial charge in [0.1, 0.15) is 5.75 Å². The second-order valence-corrected chi connectivity index (χ2v) is 6.69. The van der Waals surface area contributed by atoms with E-state index in [4.69, 9.17) is 4.74 Å². The number of carbonyl (C=O) groups is 1. The third-order valence-corrected chi connectivity index (χ3v) is 3.26. The molecule has 0 bridgehead atoms. The number of benzene rings is 1. The van der Waals surface area contributed by atoms with E-state index in [1.165, 1.54) is 5.56 Å². The fourth-order valence-electron chi connectivity index (χ4n) is 1.90. The van der Waals surface area contributed by atoms with E-state index in [2.05, 4.69) is 37.5 Å². The van der Waals surface area contributed by atoms with Crippen molar-refractivity contribution in [3.63, 3.8) is 0 Å². The largest absolute Gasteiger partial charge is 0.493 e. The molecular weight excluding hydrogens is 264 g/mol. The van der Waals surface area contributed by atoms with Crippen molar-refractivity contribution in [2.24, 2.45) is 0 Å². The molecule has 0 aromatic heterocycles. The number of amides is 1. The van der Waals surface area contributed by atoms with Gasteiger partial charge in [-0.25, -0.2) is 0 Å². The van der Waals surface area contributed by atoms with Gasteiger partial charge in [-0.2, -0.15) is 0 Å². The average molecular weight is 290 g/mol. The van der Waals surface area contributed by atoms with Crippen molar-refractivity contribution in [2.45, 2.75) is 58.2 Å². The molecule has 116 valence electrons. The van der Waals surface area contributed by atoms with Gasteiger partial charge >= 0.3 is 0 Å². The first-order chi connectivity index (χ1) is 9.92. The Balaban J connectivity index is 1.73. The highest BCUT2D eigenvalue weighted by molar-refractivity contribution is 5.76. The lowest BCUT2D eigenvalue weighted by Crippen LogP contribution is -2.35. The first-order valence-corrected chi connectivity index (χ1v) is 7.68. The lowest BCUT2D eigenvalue weighted by atomic mass is 10.1. The Morgan fingerprint density at radius 3 is 2.76 bits per heavy atom. The topological polar surface area (TPSA) is 50.4 Å². The van der Waals surface area contributed by atoms with Crippen molar-refractivity contribution >= 4 is 5.91 Å². The third kappa shape index (κ3) is 6.63. The smallest absolute Gasteiger partial charge is 0.223 e. The molecule has 1 amide bonds. The molecule has 0 radical (unpaired) electrons. The summed E-state index contributed by atoms with van der Waals surface area (Å²) in [5.41, 5.74) is 1.28. The van der Waals surface area contributed by atoms with Crippen molar-refractivity contribution in [1.82, 2.24) is 10.6 Å². The molecule has 1 aromatic carbocycles. The molecule has 1 aromatic rings. The summed E-state index contributed by atoms with van der Waals surface area (Å²) in [6, 6.07) is 8.44. The van der Waals surface area contributed by atoms with Crippen molar-refractivity contribution in [3.05, 3.63) is 29.8 Å². The standard InChI is InChI=1S/C17H26N2O2/c1-17(2,3)18-12-13-5-4-6-15(11-13)21-10-9-16(20)19-14-7-8-14/h4-6,11,14,18H,7-10,12H2,1-3H3,(H,19,20). The summed E-state index contributed by atoms with van der Waals surface area (Å²) in [6.07, 6.45) is 2.66. The van der Waals surface area contributed by atoms with Crippen LogP contribution >= 0.6 is 0 Å². The maximum absolute atomic E-state index is 11.6. The van der Waals surface area contributed by atoms with Crippen LogP contribution in [0.15, 0.2) is 24.3 Å². The number of rotatable bonds is 7. The first-order valence-electron chi connectivity index (χ1n) is 7.68. The van der Waals surface area contributed by atoms with E-state index < -0.39 is 0 Å². The minimum Gasteiger partial charge on any atom is -0.493 e. The predicted octanol–water partition coefficient (Wildman–Crippen LogP) is 2.62. The minimum absolute atomic E-state index is 0.0862. The van der Waals surface area contributed by atoms with Crippen LogP contribution in [0, 0.1) is 0 Å². The van der Waals surface area contributed by atoms with Crippen LogP contribution in [0.5, 0.6) is 5.75 Å². The van der Waals surface area contributed by atoms with Crippen molar-refractivity contribution < 1.29 is 9.53 Å². The van der Waals surface area contributed by atoms with Crippen LogP contribution in [-0.4, -0.2) is 24.1 Å². The second kappa shape index (κ2) is 6.94. The van der Waals surface area contributed by atoms with E-state index in [0.717, 1.165) is 25.1 Å². The Morgan fingerprint density at radius 2 is 2.10 bits per heavy atom. The van der Waals surface area contributed by atoms with Crippen molar-refractivity contribution in [1.29, 1.82) is 0 Å². The molecule has 1 fully saturated rings. The maximum atomic E-state index is 11.6. The van der Waals surface area contributed by atoms with Crippen molar-refractivity contribution in [3.8, 4) is 5.75 Å². The number of nitrogens with one attached hydrogen (secondary N) is 2. The summed E-state index contributed by atoms with van der Waals surface area (Å²) < 4.78 is 5.66. The SMILES string of the molecule is CC(C)(C)NCc1cccc(OCCC(=O)NC2CC2)c1. The molecule has 4 heteroatoms. The molecule has 1 saturated carbocycles. The van der Waals surface area contributed by atoms with Gasteiger partial charge in [0.2, 0.25) is 5.91 Å². The van der Waals surface area contributed by atoms with Crippen LogP contribution in [0.3, 0.4) is 0 Å². The molecule has 0 aliphatic heterocycles. The van der Waals surface area contributed by atoms with Gasteiger partial charge in [-0.3, -0.25) is 4.79 Å². The van der Waals surface area contributed by atoms with Gasteiger partial charge in [0, 0.05) is 18.1 Å². The van der Waals surface area contributed by atoms with E-state index >= 15 is 0 Å². The Kier molecular flexibility index (Phi) is 5.23. The summed E-state index contributed by atoms with van der Waals surface area (Å²) >= 11 is 0. The lowest BCUT2D eigenvalue weighted by Gasteiger charge is -2.20. The van der Waals surface area contributed by atoms with Gasteiger partial charge in [-0.05, 0) is 51.3 Å². The highest BCUT2D eigenvalue weighted by Gasteiger charge is 2.22. The molecule has 0 heterocycles. The third-order valence-electron chi connectivity index (χ3n) is 3.26. The number of ether oxygens (including phenoxy) is 1. The van der Waals surface area contributed by atoms with E-state index in [1.807, 2.05) is 18.2 Å². The molecule has 0 spiro atoms. The molecule has 0 saturated heterocycles. The fourth-order valence-corrected chi connectivity index (χ4v) is 1.90. The van der Waals surface area contributed by atoms with E-state index in [1.54, 1.807) is 0 Å². The summed E-state index contributed by atoms with van der Waals surface area (Å²) in [5, 5.41) is 6.41. The molecule has 0 unspecified atom stereocenters. The molecule has 21 heavy (non-hydrogen) atoms. The van der Waals surface area contributed by atoms with Gasteiger partial charge in [0.05, 0.1) is 13.0 Å². The summed E-state index contributed by atoms with van der Waals surface area (Å²) in [4.78, 5) is 11.6. The summed E-state index contributed by atoms with van der Waals surface area (Å²) in [7, 11) is 0. The fraction of sp³-hybridized carbons (Fsp3) is 0.588. The molecule has 2 N–H and O–H groups in total. The molecular formula is C17H26N2O2. The van der Waals surface area contributed by atoms with E-state index in [0.29, 0.717) is 19.1 Å². The van der Waals surface area contributed by atoms with Crippen LogP contribution in [0.4, 0.5) is 0 Å². The number of hydrogen-bond acceptors (Lipinski definition) is 3. The van der Waals surface area contributed by atoms with Crippen molar-refractivity contribution in [2.75, 3.05) is 6.61 Å². The second-order valence-electron chi connectivity index (χ2n) is 6.69. The summed E-state index contributed by atoms with van der Waals surface area (Å²) in [6.45, 7) is 7.67. The van der Waals surface area contributed by atoms with E-state index in [9.17, 15) is 4.79 Å². The quantitative estimate of drug-likeness (QED) is 0.811. The van der Waals surface area contributed by atoms with Crippen LogP contribution < -0.4 is 15.4 Å². The Morgan fingerprint density at radius 1 is 1.33 bits per heavy atom. The average Bonchev–Trinajstić information content (AvgIpc) is 3.20. The van der Waals surface area contributed by atoms with Crippen LogP contribution in [0.1, 0.15) is 45.6 Å². The predicted molar refractivity (Wildman–Crippen MR) is 84.3 cm³/mol. The molecule has 1 aliphatic carbocycles. The van der Waals surface area contributed by atoms with Gasteiger partial charge in [-0.1, -0.05) is 12.1 Å². The van der Waals surface area contributed by atoms with E-state index in [-0.39, 0.29) is 11.4 Å².